The van der Waals surface area contributed by atoms with Crippen LogP contribution in [-0.2, 0) is 10.5 Å². The van der Waals surface area contributed by atoms with E-state index in [0.29, 0.717) is 16.8 Å². The molecule has 1 amide bonds. The van der Waals surface area contributed by atoms with E-state index in [0.717, 1.165) is 10.1 Å². The molecule has 0 bridgehead atoms. The van der Waals surface area contributed by atoms with Gasteiger partial charge in [-0.2, -0.15) is 0 Å². The van der Waals surface area contributed by atoms with Gasteiger partial charge in [-0.25, -0.2) is 0 Å². The van der Waals surface area contributed by atoms with Crippen molar-refractivity contribution in [1.29, 1.82) is 0 Å². The van der Waals surface area contributed by atoms with Gasteiger partial charge in [0.05, 0.1) is 0 Å². The molecule has 152 valence electrons. The van der Waals surface area contributed by atoms with Crippen LogP contribution < -0.4 is 10.1 Å². The number of benzene rings is 2. The van der Waals surface area contributed by atoms with Crippen molar-refractivity contribution in [3.05, 3.63) is 65.2 Å². The molecular formula is C22H25N3O2S2. The Labute approximate surface area is 179 Å². The van der Waals surface area contributed by atoms with E-state index >= 15 is 0 Å². The number of ether oxygens (including phenoxy) is 1. The van der Waals surface area contributed by atoms with E-state index in [4.69, 9.17) is 4.74 Å². The molecule has 0 aliphatic rings. The van der Waals surface area contributed by atoms with Crippen LogP contribution in [0.3, 0.4) is 0 Å². The van der Waals surface area contributed by atoms with Crippen molar-refractivity contribution >= 4 is 34.1 Å². The number of amides is 1. The first kappa shape index (κ1) is 21.3. The predicted octanol–water partition coefficient (Wildman–Crippen LogP) is 5.67. The summed E-state index contributed by atoms with van der Waals surface area (Å²) in [7, 11) is 0. The average Bonchev–Trinajstić information content (AvgIpc) is 3.14. The molecular weight excluding hydrogens is 402 g/mol. The van der Waals surface area contributed by atoms with E-state index in [1.807, 2.05) is 24.3 Å². The van der Waals surface area contributed by atoms with Gasteiger partial charge in [-0.1, -0.05) is 78.9 Å². The third-order valence-corrected chi connectivity index (χ3v) is 6.35. The Bertz CT molecular complexity index is 955. The molecule has 0 saturated carbocycles. The van der Waals surface area contributed by atoms with Crippen LogP contribution in [-0.4, -0.2) is 22.2 Å². The van der Waals surface area contributed by atoms with Crippen molar-refractivity contribution in [3.63, 3.8) is 0 Å². The van der Waals surface area contributed by atoms with Crippen LogP contribution >= 0.6 is 23.1 Å². The SMILES string of the molecule is Cc1cccc(CSc2nnc(NC(=O)C(C)Oc3ccc(C(C)C)cc3)s2)c1. The lowest BCUT2D eigenvalue weighted by Gasteiger charge is -2.14. The van der Waals surface area contributed by atoms with Crippen molar-refractivity contribution in [3.8, 4) is 5.75 Å². The lowest BCUT2D eigenvalue weighted by Crippen LogP contribution is -2.30. The number of aromatic nitrogens is 2. The summed E-state index contributed by atoms with van der Waals surface area (Å²) in [6.45, 7) is 8.08. The number of aryl methyl sites for hydroxylation is 1. The van der Waals surface area contributed by atoms with E-state index in [9.17, 15) is 4.79 Å². The van der Waals surface area contributed by atoms with Crippen LogP contribution in [0.4, 0.5) is 5.13 Å². The van der Waals surface area contributed by atoms with Gasteiger partial charge >= 0.3 is 0 Å². The minimum Gasteiger partial charge on any atom is -0.481 e. The molecule has 0 fully saturated rings. The Morgan fingerprint density at radius 3 is 2.59 bits per heavy atom. The summed E-state index contributed by atoms with van der Waals surface area (Å²) in [5, 5.41) is 11.5. The fourth-order valence-corrected chi connectivity index (χ4v) is 4.36. The van der Waals surface area contributed by atoms with Gasteiger partial charge in [0.15, 0.2) is 10.4 Å². The van der Waals surface area contributed by atoms with Crippen LogP contribution in [0.25, 0.3) is 0 Å². The van der Waals surface area contributed by atoms with E-state index in [1.165, 1.54) is 28.0 Å². The van der Waals surface area contributed by atoms with Crippen LogP contribution in [0.15, 0.2) is 52.9 Å². The number of thioether (sulfide) groups is 1. The van der Waals surface area contributed by atoms with E-state index < -0.39 is 6.10 Å². The Hall–Kier alpha value is -2.38. The Kier molecular flexibility index (Phi) is 7.28. The molecule has 3 aromatic rings. The maximum absolute atomic E-state index is 12.4. The Balaban J connectivity index is 1.51. The molecule has 7 heteroatoms. The van der Waals surface area contributed by atoms with Gasteiger partial charge in [0.2, 0.25) is 5.13 Å². The first-order valence-corrected chi connectivity index (χ1v) is 11.3. The zero-order chi connectivity index (χ0) is 20.8. The molecule has 0 spiro atoms. The minimum atomic E-state index is -0.632. The molecule has 1 unspecified atom stereocenters. The molecule has 29 heavy (non-hydrogen) atoms. The monoisotopic (exact) mass is 427 g/mol. The zero-order valence-corrected chi connectivity index (χ0v) is 18.6. The molecule has 1 heterocycles. The lowest BCUT2D eigenvalue weighted by atomic mass is 10.0. The second-order valence-electron chi connectivity index (χ2n) is 7.12. The zero-order valence-electron chi connectivity index (χ0n) is 17.0. The molecule has 2 aromatic carbocycles. The highest BCUT2D eigenvalue weighted by atomic mass is 32.2. The van der Waals surface area contributed by atoms with E-state index in [2.05, 4.69) is 60.6 Å². The summed E-state index contributed by atoms with van der Waals surface area (Å²) in [6, 6.07) is 16.2. The standard InChI is InChI=1S/C22H25N3O2S2/c1-14(2)18-8-10-19(11-9-18)27-16(4)20(26)23-21-24-25-22(29-21)28-13-17-7-5-6-15(3)12-17/h5-12,14,16H,13H2,1-4H3,(H,23,24,26). The smallest absolute Gasteiger partial charge is 0.266 e. The summed E-state index contributed by atoms with van der Waals surface area (Å²) in [5.41, 5.74) is 3.71. The largest absolute Gasteiger partial charge is 0.481 e. The molecule has 0 radical (unpaired) electrons. The normalized spacial score (nSPS) is 12.0. The highest BCUT2D eigenvalue weighted by Gasteiger charge is 2.17. The summed E-state index contributed by atoms with van der Waals surface area (Å²) < 4.78 is 6.56. The number of hydrogen-bond acceptors (Lipinski definition) is 6. The molecule has 1 N–H and O–H groups in total. The quantitative estimate of drug-likeness (QED) is 0.371. The number of hydrogen-bond donors (Lipinski definition) is 1. The number of carbonyl (C=O) groups excluding carboxylic acids is 1. The number of anilines is 1. The molecule has 1 atom stereocenters. The van der Waals surface area contributed by atoms with Crippen LogP contribution in [0.5, 0.6) is 5.75 Å². The van der Waals surface area contributed by atoms with E-state index in [1.54, 1.807) is 18.7 Å². The maximum atomic E-state index is 12.4. The topological polar surface area (TPSA) is 64.1 Å². The third kappa shape index (κ3) is 6.30. The van der Waals surface area contributed by atoms with Gasteiger partial charge < -0.3 is 4.74 Å². The van der Waals surface area contributed by atoms with Gasteiger partial charge in [-0.05, 0) is 43.0 Å². The van der Waals surface area contributed by atoms with Gasteiger partial charge in [-0.15, -0.1) is 10.2 Å². The number of rotatable bonds is 8. The van der Waals surface area contributed by atoms with Crippen LogP contribution in [0.1, 0.15) is 43.4 Å². The molecule has 0 aliphatic carbocycles. The summed E-state index contributed by atoms with van der Waals surface area (Å²) in [4.78, 5) is 12.4. The van der Waals surface area contributed by atoms with Crippen LogP contribution in [0, 0.1) is 6.92 Å². The molecule has 1 aromatic heterocycles. The van der Waals surface area contributed by atoms with Gasteiger partial charge in [0.25, 0.3) is 5.91 Å². The average molecular weight is 428 g/mol. The number of nitrogens with zero attached hydrogens (tertiary/aromatic N) is 2. The van der Waals surface area contributed by atoms with Crippen LogP contribution in [0.2, 0.25) is 0 Å². The molecule has 3 rings (SSSR count). The van der Waals surface area contributed by atoms with Crippen molar-refractivity contribution in [1.82, 2.24) is 10.2 Å². The summed E-state index contributed by atoms with van der Waals surface area (Å²) in [6.07, 6.45) is -0.632. The predicted molar refractivity (Wildman–Crippen MR) is 120 cm³/mol. The van der Waals surface area contributed by atoms with Crippen molar-refractivity contribution in [2.45, 2.75) is 49.8 Å². The first-order valence-electron chi connectivity index (χ1n) is 9.50. The third-order valence-electron chi connectivity index (χ3n) is 4.31. The van der Waals surface area contributed by atoms with Gasteiger partial charge in [0, 0.05) is 5.75 Å². The molecule has 5 nitrogen and oxygen atoms in total. The Morgan fingerprint density at radius 1 is 1.14 bits per heavy atom. The number of carbonyl (C=O) groups is 1. The fourth-order valence-electron chi connectivity index (χ4n) is 2.66. The second kappa shape index (κ2) is 9.89. The summed E-state index contributed by atoms with van der Waals surface area (Å²) in [5.74, 6) is 1.70. The molecule has 0 aliphatic heterocycles. The highest BCUT2D eigenvalue weighted by molar-refractivity contribution is 8.00. The van der Waals surface area contributed by atoms with Crippen molar-refractivity contribution in [2.24, 2.45) is 0 Å². The Morgan fingerprint density at radius 2 is 1.90 bits per heavy atom. The van der Waals surface area contributed by atoms with Crippen molar-refractivity contribution in [2.75, 3.05) is 5.32 Å². The fraction of sp³-hybridized carbons (Fsp3) is 0.318. The van der Waals surface area contributed by atoms with E-state index in [-0.39, 0.29) is 5.91 Å². The minimum absolute atomic E-state index is 0.246. The van der Waals surface area contributed by atoms with Gasteiger partial charge in [0.1, 0.15) is 5.75 Å². The maximum Gasteiger partial charge on any atom is 0.266 e. The molecule has 0 saturated heterocycles. The second-order valence-corrected chi connectivity index (χ2v) is 9.32. The summed E-state index contributed by atoms with van der Waals surface area (Å²) >= 11 is 2.97. The van der Waals surface area contributed by atoms with Gasteiger partial charge in [-0.3, -0.25) is 10.1 Å². The number of nitrogens with one attached hydrogen (secondary N) is 1. The lowest BCUT2D eigenvalue weighted by molar-refractivity contribution is -0.122. The van der Waals surface area contributed by atoms with Crippen molar-refractivity contribution < 1.29 is 9.53 Å². The highest BCUT2D eigenvalue weighted by Crippen LogP contribution is 2.28. The first-order chi connectivity index (χ1) is 13.9.